The fourth-order valence-corrected chi connectivity index (χ4v) is 2.73. The standard InChI is InChI=1S/C11H13ClN2O3S/c1-8(17-2)7-14-18(15,16)11-5-10(12)4-3-9(11)6-13/h3-5,8,14H,7H2,1-2H3. The quantitative estimate of drug-likeness (QED) is 0.891. The number of halogens is 1. The lowest BCUT2D eigenvalue weighted by molar-refractivity contribution is 0.122. The van der Waals surface area contributed by atoms with Crippen LogP contribution in [0.1, 0.15) is 12.5 Å². The van der Waals surface area contributed by atoms with Crippen molar-refractivity contribution >= 4 is 21.6 Å². The van der Waals surface area contributed by atoms with Crippen LogP contribution in [0.4, 0.5) is 0 Å². The van der Waals surface area contributed by atoms with Crippen molar-refractivity contribution in [2.45, 2.75) is 17.9 Å². The van der Waals surface area contributed by atoms with E-state index in [-0.39, 0.29) is 28.1 Å². The Morgan fingerprint density at radius 2 is 2.22 bits per heavy atom. The third kappa shape index (κ3) is 3.68. The summed E-state index contributed by atoms with van der Waals surface area (Å²) in [5, 5.41) is 9.14. The molecule has 7 heteroatoms. The molecule has 0 fully saturated rings. The Balaban J connectivity index is 3.05. The van der Waals surface area contributed by atoms with Gasteiger partial charge in [0.15, 0.2) is 0 Å². The fraction of sp³-hybridized carbons (Fsp3) is 0.364. The van der Waals surface area contributed by atoms with Crippen molar-refractivity contribution in [2.24, 2.45) is 0 Å². The van der Waals surface area contributed by atoms with Crippen LogP contribution in [0.15, 0.2) is 23.1 Å². The Labute approximate surface area is 111 Å². The minimum absolute atomic E-state index is 0.0527. The summed E-state index contributed by atoms with van der Waals surface area (Å²) >= 11 is 5.74. The molecule has 18 heavy (non-hydrogen) atoms. The maximum atomic E-state index is 12.0. The minimum Gasteiger partial charge on any atom is -0.380 e. The highest BCUT2D eigenvalue weighted by atomic mass is 35.5. The molecule has 0 spiro atoms. The average Bonchev–Trinajstić information content (AvgIpc) is 2.36. The predicted molar refractivity (Wildman–Crippen MR) is 67.8 cm³/mol. The van der Waals surface area contributed by atoms with E-state index in [1.54, 1.807) is 6.92 Å². The second kappa shape index (κ2) is 6.16. The molecular formula is C11H13ClN2O3S. The topological polar surface area (TPSA) is 79.2 Å². The van der Waals surface area contributed by atoms with E-state index in [9.17, 15) is 8.42 Å². The Hall–Kier alpha value is -1.13. The molecule has 0 bridgehead atoms. The number of benzene rings is 1. The molecule has 98 valence electrons. The van der Waals surface area contributed by atoms with Crippen molar-refractivity contribution in [1.29, 1.82) is 5.26 Å². The van der Waals surface area contributed by atoms with E-state index in [4.69, 9.17) is 21.6 Å². The SMILES string of the molecule is COC(C)CNS(=O)(=O)c1cc(Cl)ccc1C#N. The molecule has 1 aromatic rings. The molecule has 0 saturated heterocycles. The molecular weight excluding hydrogens is 276 g/mol. The van der Waals surface area contributed by atoms with Crippen LogP contribution in [0, 0.1) is 11.3 Å². The first-order chi connectivity index (χ1) is 8.40. The summed E-state index contributed by atoms with van der Waals surface area (Å²) in [4.78, 5) is -0.124. The third-order valence-electron chi connectivity index (χ3n) is 2.32. The summed E-state index contributed by atoms with van der Waals surface area (Å²) in [7, 11) is -2.28. The lowest BCUT2D eigenvalue weighted by atomic mass is 10.2. The number of methoxy groups -OCH3 is 1. The normalized spacial score (nSPS) is 13.0. The van der Waals surface area contributed by atoms with Gasteiger partial charge in [0.1, 0.15) is 11.0 Å². The zero-order valence-corrected chi connectivity index (χ0v) is 11.5. The van der Waals surface area contributed by atoms with E-state index in [0.29, 0.717) is 0 Å². The van der Waals surface area contributed by atoms with Crippen LogP contribution in [0.3, 0.4) is 0 Å². The summed E-state index contributed by atoms with van der Waals surface area (Å²) in [6.45, 7) is 1.85. The number of ether oxygens (including phenoxy) is 1. The molecule has 1 rings (SSSR count). The zero-order valence-electron chi connectivity index (χ0n) is 9.97. The van der Waals surface area contributed by atoms with Crippen LogP contribution in [-0.4, -0.2) is 28.2 Å². The maximum absolute atomic E-state index is 12.0. The number of hydrogen-bond acceptors (Lipinski definition) is 4. The van der Waals surface area contributed by atoms with E-state index < -0.39 is 10.0 Å². The van der Waals surface area contributed by atoms with E-state index in [1.165, 1.54) is 25.3 Å². The van der Waals surface area contributed by atoms with Crippen molar-refractivity contribution in [1.82, 2.24) is 4.72 Å². The van der Waals surface area contributed by atoms with Gasteiger partial charge in [-0.25, -0.2) is 13.1 Å². The highest BCUT2D eigenvalue weighted by Crippen LogP contribution is 2.20. The highest BCUT2D eigenvalue weighted by molar-refractivity contribution is 7.89. The van der Waals surface area contributed by atoms with Gasteiger partial charge < -0.3 is 4.74 Å². The summed E-state index contributed by atoms with van der Waals surface area (Å²) in [5.74, 6) is 0. The maximum Gasteiger partial charge on any atom is 0.242 e. The van der Waals surface area contributed by atoms with Gasteiger partial charge >= 0.3 is 0 Å². The molecule has 1 unspecified atom stereocenters. The first-order valence-corrected chi connectivity index (χ1v) is 6.99. The van der Waals surface area contributed by atoms with Crippen LogP contribution in [0.25, 0.3) is 0 Å². The number of nitrogens with one attached hydrogen (secondary N) is 1. The van der Waals surface area contributed by atoms with Crippen molar-refractivity contribution in [3.05, 3.63) is 28.8 Å². The van der Waals surface area contributed by atoms with Crippen LogP contribution < -0.4 is 4.72 Å². The lowest BCUT2D eigenvalue weighted by Crippen LogP contribution is -2.32. The Bertz CT molecular complexity index is 566. The van der Waals surface area contributed by atoms with Gasteiger partial charge in [0.05, 0.1) is 11.7 Å². The summed E-state index contributed by atoms with van der Waals surface area (Å²) < 4.78 is 31.3. The molecule has 0 heterocycles. The molecule has 5 nitrogen and oxygen atoms in total. The lowest BCUT2D eigenvalue weighted by Gasteiger charge is -2.12. The molecule has 1 N–H and O–H groups in total. The zero-order chi connectivity index (χ0) is 13.8. The fourth-order valence-electron chi connectivity index (χ4n) is 1.20. The van der Waals surface area contributed by atoms with Crippen molar-refractivity contribution in [3.63, 3.8) is 0 Å². The largest absolute Gasteiger partial charge is 0.380 e. The molecule has 0 aromatic heterocycles. The number of nitrogens with zero attached hydrogens (tertiary/aromatic N) is 1. The van der Waals surface area contributed by atoms with E-state index >= 15 is 0 Å². The van der Waals surface area contributed by atoms with Gasteiger partial charge in [-0.15, -0.1) is 0 Å². The van der Waals surface area contributed by atoms with Crippen LogP contribution in [0.2, 0.25) is 5.02 Å². The Morgan fingerprint density at radius 3 is 2.78 bits per heavy atom. The highest BCUT2D eigenvalue weighted by Gasteiger charge is 2.19. The summed E-state index contributed by atoms with van der Waals surface area (Å²) in [6.07, 6.45) is -0.260. The average molecular weight is 289 g/mol. The number of hydrogen-bond donors (Lipinski definition) is 1. The van der Waals surface area contributed by atoms with E-state index in [0.717, 1.165) is 0 Å². The molecule has 0 aliphatic heterocycles. The second-order valence-electron chi connectivity index (χ2n) is 3.65. The molecule has 1 aromatic carbocycles. The van der Waals surface area contributed by atoms with Crippen LogP contribution in [-0.2, 0) is 14.8 Å². The molecule has 0 amide bonds. The van der Waals surface area contributed by atoms with Crippen molar-refractivity contribution < 1.29 is 13.2 Å². The van der Waals surface area contributed by atoms with Gasteiger partial charge in [0.2, 0.25) is 10.0 Å². The van der Waals surface area contributed by atoms with Gasteiger partial charge in [-0.2, -0.15) is 5.26 Å². The van der Waals surface area contributed by atoms with E-state index in [1.807, 2.05) is 6.07 Å². The van der Waals surface area contributed by atoms with Crippen LogP contribution >= 0.6 is 11.6 Å². The monoisotopic (exact) mass is 288 g/mol. The molecule has 1 atom stereocenters. The second-order valence-corrected chi connectivity index (χ2v) is 5.82. The van der Waals surface area contributed by atoms with Gasteiger partial charge in [-0.05, 0) is 25.1 Å². The van der Waals surface area contributed by atoms with Gasteiger partial charge in [-0.3, -0.25) is 0 Å². The van der Waals surface area contributed by atoms with Gasteiger partial charge in [0.25, 0.3) is 0 Å². The summed E-state index contributed by atoms with van der Waals surface area (Å²) in [6, 6.07) is 5.91. The minimum atomic E-state index is -3.77. The predicted octanol–water partition coefficient (Wildman–Crippen LogP) is 1.52. The first kappa shape index (κ1) is 14.9. The number of sulfonamides is 1. The van der Waals surface area contributed by atoms with E-state index in [2.05, 4.69) is 4.72 Å². The van der Waals surface area contributed by atoms with Gasteiger partial charge in [0, 0.05) is 18.7 Å². The van der Waals surface area contributed by atoms with Crippen molar-refractivity contribution in [2.75, 3.05) is 13.7 Å². The smallest absolute Gasteiger partial charge is 0.242 e. The first-order valence-electron chi connectivity index (χ1n) is 5.13. The molecule has 0 aliphatic carbocycles. The number of nitriles is 1. The molecule has 0 aliphatic rings. The van der Waals surface area contributed by atoms with Gasteiger partial charge in [-0.1, -0.05) is 11.6 Å². The number of rotatable bonds is 5. The van der Waals surface area contributed by atoms with Crippen LogP contribution in [0.5, 0.6) is 0 Å². The summed E-state index contributed by atoms with van der Waals surface area (Å²) in [5.41, 5.74) is 0.0527. The molecule has 0 radical (unpaired) electrons. The third-order valence-corrected chi connectivity index (χ3v) is 4.02. The van der Waals surface area contributed by atoms with Crippen molar-refractivity contribution in [3.8, 4) is 6.07 Å². The Kier molecular flexibility index (Phi) is 5.11. The molecule has 0 saturated carbocycles. The Morgan fingerprint density at radius 1 is 1.56 bits per heavy atom.